The molecule has 1 aliphatic rings. The van der Waals surface area contributed by atoms with Crippen LogP contribution in [-0.4, -0.2) is 51.1 Å². The standard InChI is InChI=1S/C21H24N2O5/c1-26-16-7-5-15(6-8-16)20-21(25)22-10-11-23(20)19(24)13-14-4-9-17(27-2)18(12-14)28-3/h4-9,12,20H,10-11,13H2,1-3H3,(H,22,25). The van der Waals surface area contributed by atoms with Gasteiger partial charge in [-0.1, -0.05) is 18.2 Å². The van der Waals surface area contributed by atoms with Gasteiger partial charge in [0.05, 0.1) is 27.8 Å². The first-order chi connectivity index (χ1) is 13.6. The number of amides is 2. The molecule has 0 bridgehead atoms. The van der Waals surface area contributed by atoms with Gasteiger partial charge in [0.15, 0.2) is 11.5 Å². The Labute approximate surface area is 164 Å². The van der Waals surface area contributed by atoms with E-state index in [1.807, 2.05) is 18.2 Å². The second kappa shape index (κ2) is 8.65. The highest BCUT2D eigenvalue weighted by Gasteiger charge is 2.34. The summed E-state index contributed by atoms with van der Waals surface area (Å²) in [5, 5.41) is 2.84. The van der Waals surface area contributed by atoms with E-state index in [1.54, 1.807) is 50.5 Å². The van der Waals surface area contributed by atoms with Gasteiger partial charge in [0.2, 0.25) is 11.8 Å². The minimum absolute atomic E-state index is 0.122. The summed E-state index contributed by atoms with van der Waals surface area (Å²) >= 11 is 0. The molecule has 7 nitrogen and oxygen atoms in total. The summed E-state index contributed by atoms with van der Waals surface area (Å²) in [6.07, 6.45) is 0.167. The van der Waals surface area contributed by atoms with Gasteiger partial charge < -0.3 is 24.4 Å². The molecule has 0 saturated carbocycles. The van der Waals surface area contributed by atoms with Crippen LogP contribution in [-0.2, 0) is 16.0 Å². The summed E-state index contributed by atoms with van der Waals surface area (Å²) in [7, 11) is 4.70. The van der Waals surface area contributed by atoms with E-state index in [0.29, 0.717) is 30.3 Å². The maximum absolute atomic E-state index is 13.0. The number of piperazine rings is 1. The summed E-state index contributed by atoms with van der Waals surface area (Å²) in [4.78, 5) is 27.2. The number of carbonyl (C=O) groups excluding carboxylic acids is 2. The van der Waals surface area contributed by atoms with Crippen LogP contribution in [0.5, 0.6) is 17.2 Å². The molecule has 28 heavy (non-hydrogen) atoms. The predicted octanol–water partition coefficient (Wildman–Crippen LogP) is 1.95. The molecule has 1 N–H and O–H groups in total. The molecule has 0 radical (unpaired) electrons. The van der Waals surface area contributed by atoms with Crippen molar-refractivity contribution in [3.05, 3.63) is 53.6 Å². The molecule has 148 valence electrons. The molecule has 0 aromatic heterocycles. The van der Waals surface area contributed by atoms with Gasteiger partial charge in [-0.15, -0.1) is 0 Å². The average Bonchev–Trinajstić information content (AvgIpc) is 2.73. The van der Waals surface area contributed by atoms with Gasteiger partial charge in [0, 0.05) is 13.1 Å². The molecule has 1 fully saturated rings. The third kappa shape index (κ3) is 4.03. The van der Waals surface area contributed by atoms with Gasteiger partial charge in [-0.2, -0.15) is 0 Å². The number of hydrogen-bond donors (Lipinski definition) is 1. The highest BCUT2D eigenvalue weighted by molar-refractivity contribution is 5.90. The van der Waals surface area contributed by atoms with Crippen LogP contribution in [0.25, 0.3) is 0 Å². The Balaban J connectivity index is 1.82. The molecule has 3 rings (SSSR count). The van der Waals surface area contributed by atoms with Crippen LogP contribution in [0.4, 0.5) is 0 Å². The maximum atomic E-state index is 13.0. The van der Waals surface area contributed by atoms with Crippen LogP contribution in [0.2, 0.25) is 0 Å². The fraction of sp³-hybridized carbons (Fsp3) is 0.333. The van der Waals surface area contributed by atoms with Crippen LogP contribution >= 0.6 is 0 Å². The third-order valence-corrected chi connectivity index (χ3v) is 4.77. The van der Waals surface area contributed by atoms with Crippen molar-refractivity contribution >= 4 is 11.8 Å². The molecule has 2 aromatic carbocycles. The molecule has 1 aliphatic heterocycles. The molecule has 1 unspecified atom stereocenters. The topological polar surface area (TPSA) is 77.1 Å². The molecule has 2 aromatic rings. The number of methoxy groups -OCH3 is 3. The number of hydrogen-bond acceptors (Lipinski definition) is 5. The first kappa shape index (κ1) is 19.5. The first-order valence-electron chi connectivity index (χ1n) is 8.99. The lowest BCUT2D eigenvalue weighted by Gasteiger charge is -2.35. The van der Waals surface area contributed by atoms with Crippen LogP contribution in [0.15, 0.2) is 42.5 Å². The zero-order chi connectivity index (χ0) is 20.1. The Bertz CT molecular complexity index is 850. The lowest BCUT2D eigenvalue weighted by Crippen LogP contribution is -2.52. The first-order valence-corrected chi connectivity index (χ1v) is 8.99. The van der Waals surface area contributed by atoms with E-state index in [9.17, 15) is 9.59 Å². The maximum Gasteiger partial charge on any atom is 0.247 e. The van der Waals surface area contributed by atoms with Gasteiger partial charge in [0.1, 0.15) is 11.8 Å². The summed E-state index contributed by atoms with van der Waals surface area (Å²) < 4.78 is 15.7. The van der Waals surface area contributed by atoms with Crippen LogP contribution < -0.4 is 19.5 Å². The monoisotopic (exact) mass is 384 g/mol. The predicted molar refractivity (Wildman–Crippen MR) is 104 cm³/mol. The molecule has 2 amide bonds. The van der Waals surface area contributed by atoms with Crippen LogP contribution in [0, 0.1) is 0 Å². The summed E-state index contributed by atoms with van der Waals surface area (Å²) in [5.74, 6) is 1.56. The van der Waals surface area contributed by atoms with E-state index in [1.165, 1.54) is 0 Å². The highest BCUT2D eigenvalue weighted by Crippen LogP contribution is 2.29. The van der Waals surface area contributed by atoms with E-state index in [4.69, 9.17) is 14.2 Å². The number of benzene rings is 2. The molecule has 1 saturated heterocycles. The van der Waals surface area contributed by atoms with Crippen molar-refractivity contribution in [2.75, 3.05) is 34.4 Å². The Morgan fingerprint density at radius 3 is 2.39 bits per heavy atom. The summed E-state index contributed by atoms with van der Waals surface area (Å²) in [6.45, 7) is 0.887. The van der Waals surface area contributed by atoms with E-state index in [0.717, 1.165) is 11.1 Å². The Hall–Kier alpha value is -3.22. The van der Waals surface area contributed by atoms with E-state index in [2.05, 4.69) is 5.32 Å². The smallest absolute Gasteiger partial charge is 0.247 e. The number of rotatable bonds is 6. The zero-order valence-electron chi connectivity index (χ0n) is 16.2. The number of carbonyl (C=O) groups is 2. The number of ether oxygens (including phenoxy) is 3. The van der Waals surface area contributed by atoms with Crippen LogP contribution in [0.3, 0.4) is 0 Å². The normalized spacial score (nSPS) is 16.3. The lowest BCUT2D eigenvalue weighted by molar-refractivity contribution is -0.143. The Morgan fingerprint density at radius 2 is 1.75 bits per heavy atom. The molecule has 0 aliphatic carbocycles. The average molecular weight is 384 g/mol. The van der Waals surface area contributed by atoms with Crippen molar-refractivity contribution in [1.82, 2.24) is 10.2 Å². The molecule has 7 heteroatoms. The van der Waals surface area contributed by atoms with E-state index < -0.39 is 6.04 Å². The molecular formula is C21H24N2O5. The molecule has 1 atom stereocenters. The van der Waals surface area contributed by atoms with Crippen LogP contribution in [0.1, 0.15) is 17.2 Å². The van der Waals surface area contributed by atoms with Gasteiger partial charge in [-0.05, 0) is 35.4 Å². The van der Waals surface area contributed by atoms with Gasteiger partial charge in [-0.3, -0.25) is 9.59 Å². The fourth-order valence-electron chi connectivity index (χ4n) is 3.32. The van der Waals surface area contributed by atoms with E-state index in [-0.39, 0.29) is 18.2 Å². The second-order valence-corrected chi connectivity index (χ2v) is 6.42. The van der Waals surface area contributed by atoms with Gasteiger partial charge in [0.25, 0.3) is 0 Å². The lowest BCUT2D eigenvalue weighted by atomic mass is 10.0. The SMILES string of the molecule is COc1ccc(C2C(=O)NCCN2C(=O)Cc2ccc(OC)c(OC)c2)cc1. The van der Waals surface area contributed by atoms with Crippen molar-refractivity contribution < 1.29 is 23.8 Å². The van der Waals surface area contributed by atoms with Gasteiger partial charge in [-0.25, -0.2) is 0 Å². The van der Waals surface area contributed by atoms with Crippen molar-refractivity contribution in [2.45, 2.75) is 12.5 Å². The van der Waals surface area contributed by atoms with Crippen molar-refractivity contribution in [1.29, 1.82) is 0 Å². The largest absolute Gasteiger partial charge is 0.497 e. The minimum Gasteiger partial charge on any atom is -0.497 e. The Kier molecular flexibility index (Phi) is 6.03. The zero-order valence-corrected chi connectivity index (χ0v) is 16.2. The van der Waals surface area contributed by atoms with Crippen molar-refractivity contribution in [3.8, 4) is 17.2 Å². The minimum atomic E-state index is -0.660. The Morgan fingerprint density at radius 1 is 1.04 bits per heavy atom. The quantitative estimate of drug-likeness (QED) is 0.824. The molecule has 1 heterocycles. The number of nitrogens with zero attached hydrogens (tertiary/aromatic N) is 1. The van der Waals surface area contributed by atoms with Crippen molar-refractivity contribution in [2.24, 2.45) is 0 Å². The highest BCUT2D eigenvalue weighted by atomic mass is 16.5. The fourth-order valence-corrected chi connectivity index (χ4v) is 3.32. The summed E-state index contributed by atoms with van der Waals surface area (Å²) in [5.41, 5.74) is 1.54. The number of nitrogens with one attached hydrogen (secondary N) is 1. The third-order valence-electron chi connectivity index (χ3n) is 4.77. The van der Waals surface area contributed by atoms with Gasteiger partial charge >= 0.3 is 0 Å². The molecule has 0 spiro atoms. The summed E-state index contributed by atoms with van der Waals surface area (Å²) in [6, 6.07) is 11.9. The van der Waals surface area contributed by atoms with Crippen molar-refractivity contribution in [3.63, 3.8) is 0 Å². The molecular weight excluding hydrogens is 360 g/mol. The second-order valence-electron chi connectivity index (χ2n) is 6.42. The van der Waals surface area contributed by atoms with E-state index >= 15 is 0 Å².